The van der Waals surface area contributed by atoms with Crippen LogP contribution >= 0.6 is 0 Å². The number of nitrogens with one attached hydrogen (secondary N) is 2. The van der Waals surface area contributed by atoms with Crippen molar-refractivity contribution in [1.29, 1.82) is 0 Å². The molecule has 0 radical (unpaired) electrons. The van der Waals surface area contributed by atoms with E-state index in [1.54, 1.807) is 23.3 Å². The van der Waals surface area contributed by atoms with E-state index in [2.05, 4.69) is 16.6 Å². The highest BCUT2D eigenvalue weighted by atomic mass is 16.5. The van der Waals surface area contributed by atoms with Crippen LogP contribution in [0, 0.1) is 12.3 Å². The molecule has 0 unspecified atom stereocenters. The SMILES string of the molecule is C#CCN(C(=O)NCc1ccc(OC)cc1)N1CCN(Cc2cccc3ccccc23)C(=O)[C@H](Cc2ccc3occc3c2)NC(=O)C1. The van der Waals surface area contributed by atoms with Gasteiger partial charge in [-0.05, 0) is 57.8 Å². The number of hydrogen-bond donors (Lipinski definition) is 2. The van der Waals surface area contributed by atoms with Crippen molar-refractivity contribution in [2.24, 2.45) is 0 Å². The summed E-state index contributed by atoms with van der Waals surface area (Å²) in [4.78, 5) is 43.2. The number of nitrogens with zero attached hydrogens (tertiary/aromatic N) is 3. The van der Waals surface area contributed by atoms with Crippen molar-refractivity contribution in [3.8, 4) is 18.1 Å². The molecule has 1 fully saturated rings. The third-order valence-electron chi connectivity index (χ3n) is 8.52. The third kappa shape index (κ3) is 7.43. The van der Waals surface area contributed by atoms with Gasteiger partial charge in [0.1, 0.15) is 17.4 Å². The lowest BCUT2D eigenvalue weighted by atomic mass is 10.0. The van der Waals surface area contributed by atoms with E-state index in [0.717, 1.165) is 38.4 Å². The molecular weight excluding hydrogens is 606 g/mol. The van der Waals surface area contributed by atoms with Crippen molar-refractivity contribution in [2.45, 2.75) is 25.6 Å². The summed E-state index contributed by atoms with van der Waals surface area (Å²) in [5.41, 5.74) is 3.48. The van der Waals surface area contributed by atoms with E-state index in [1.807, 2.05) is 91.0 Å². The Morgan fingerprint density at radius 1 is 1.00 bits per heavy atom. The number of fused-ring (bicyclic) bond motifs is 2. The number of hydrazine groups is 1. The fourth-order valence-corrected chi connectivity index (χ4v) is 6.03. The number of amides is 4. The Morgan fingerprint density at radius 2 is 1.79 bits per heavy atom. The Kier molecular flexibility index (Phi) is 9.88. The van der Waals surface area contributed by atoms with Crippen LogP contribution in [-0.4, -0.2) is 72.1 Å². The van der Waals surface area contributed by atoms with E-state index in [9.17, 15) is 14.4 Å². The Bertz CT molecular complexity index is 1960. The monoisotopic (exact) mass is 643 g/mol. The Morgan fingerprint density at radius 3 is 2.60 bits per heavy atom. The van der Waals surface area contributed by atoms with Gasteiger partial charge >= 0.3 is 6.03 Å². The number of terminal acetylenes is 1. The van der Waals surface area contributed by atoms with Crippen LogP contribution < -0.4 is 15.4 Å². The first-order valence-electron chi connectivity index (χ1n) is 15.8. The van der Waals surface area contributed by atoms with Crippen LogP contribution in [0.3, 0.4) is 0 Å². The molecule has 0 spiro atoms. The summed E-state index contributed by atoms with van der Waals surface area (Å²) >= 11 is 0. The normalized spacial score (nSPS) is 15.7. The second kappa shape index (κ2) is 14.8. The maximum Gasteiger partial charge on any atom is 0.333 e. The van der Waals surface area contributed by atoms with Gasteiger partial charge in [0.15, 0.2) is 0 Å². The zero-order chi connectivity index (χ0) is 33.5. The summed E-state index contributed by atoms with van der Waals surface area (Å²) in [6.45, 7) is 0.798. The molecule has 48 heavy (non-hydrogen) atoms. The first-order valence-corrected chi connectivity index (χ1v) is 15.8. The van der Waals surface area contributed by atoms with Crippen molar-refractivity contribution in [1.82, 2.24) is 25.6 Å². The van der Waals surface area contributed by atoms with Crippen molar-refractivity contribution in [2.75, 3.05) is 33.3 Å². The molecule has 5 aromatic rings. The highest BCUT2D eigenvalue weighted by molar-refractivity contribution is 5.90. The summed E-state index contributed by atoms with van der Waals surface area (Å²) in [5, 5.41) is 11.9. The second-order valence-corrected chi connectivity index (χ2v) is 11.7. The second-order valence-electron chi connectivity index (χ2n) is 11.7. The van der Waals surface area contributed by atoms with Crippen LogP contribution in [0.15, 0.2) is 102 Å². The van der Waals surface area contributed by atoms with Crippen LogP contribution in [0.4, 0.5) is 4.79 Å². The number of hydrogen-bond acceptors (Lipinski definition) is 6. The minimum atomic E-state index is -0.832. The topological polar surface area (TPSA) is 107 Å². The van der Waals surface area contributed by atoms with Crippen LogP contribution in [0.25, 0.3) is 21.7 Å². The van der Waals surface area contributed by atoms with Gasteiger partial charge in [-0.2, -0.15) is 0 Å². The van der Waals surface area contributed by atoms with Crippen molar-refractivity contribution in [3.63, 3.8) is 0 Å². The van der Waals surface area contributed by atoms with Gasteiger partial charge in [0.05, 0.1) is 26.5 Å². The molecule has 6 rings (SSSR count). The number of ether oxygens (including phenoxy) is 1. The molecule has 1 saturated heterocycles. The van der Waals surface area contributed by atoms with Gasteiger partial charge in [-0.1, -0.05) is 66.6 Å². The summed E-state index contributed by atoms with van der Waals surface area (Å²) < 4.78 is 10.7. The quantitative estimate of drug-likeness (QED) is 0.225. The number of carbonyl (C=O) groups is 3. The molecule has 1 aliphatic rings. The largest absolute Gasteiger partial charge is 0.497 e. The molecule has 1 aromatic heterocycles. The van der Waals surface area contributed by atoms with Gasteiger partial charge in [-0.15, -0.1) is 6.42 Å². The van der Waals surface area contributed by atoms with Crippen LogP contribution in [0.1, 0.15) is 16.7 Å². The molecule has 1 aliphatic heterocycles. The summed E-state index contributed by atoms with van der Waals surface area (Å²) in [5.74, 6) is 2.66. The van der Waals surface area contributed by atoms with E-state index in [0.29, 0.717) is 12.3 Å². The highest BCUT2D eigenvalue weighted by Crippen LogP contribution is 2.23. The zero-order valence-corrected chi connectivity index (χ0v) is 26.7. The smallest absolute Gasteiger partial charge is 0.333 e. The molecule has 0 aliphatic carbocycles. The lowest BCUT2D eigenvalue weighted by Crippen LogP contribution is -2.55. The zero-order valence-electron chi connectivity index (χ0n) is 26.7. The molecule has 2 heterocycles. The van der Waals surface area contributed by atoms with Crippen LogP contribution in [0.2, 0.25) is 0 Å². The van der Waals surface area contributed by atoms with E-state index in [4.69, 9.17) is 15.6 Å². The molecule has 4 amide bonds. The first kappa shape index (κ1) is 32.2. The average Bonchev–Trinajstić information content (AvgIpc) is 3.59. The minimum Gasteiger partial charge on any atom is -0.497 e. The Labute approximate surface area is 279 Å². The maximum absolute atomic E-state index is 14.3. The van der Waals surface area contributed by atoms with E-state index in [1.165, 1.54) is 5.01 Å². The fraction of sp³-hybridized carbons (Fsp3) is 0.237. The number of urea groups is 1. The molecule has 10 nitrogen and oxygen atoms in total. The van der Waals surface area contributed by atoms with Crippen LogP contribution in [-0.2, 0) is 29.1 Å². The van der Waals surface area contributed by atoms with Crippen molar-refractivity contribution >= 4 is 39.6 Å². The van der Waals surface area contributed by atoms with Gasteiger partial charge in [-0.3, -0.25) is 9.59 Å². The van der Waals surface area contributed by atoms with Crippen molar-refractivity contribution in [3.05, 3.63) is 114 Å². The molecule has 244 valence electrons. The fourth-order valence-electron chi connectivity index (χ4n) is 6.03. The Balaban J connectivity index is 1.27. The number of carbonyl (C=O) groups excluding carboxylic acids is 3. The molecule has 2 N–H and O–H groups in total. The van der Waals surface area contributed by atoms with Gasteiger partial charge in [0.2, 0.25) is 11.8 Å². The van der Waals surface area contributed by atoms with Crippen molar-refractivity contribution < 1.29 is 23.5 Å². The standard InChI is InChI=1S/C38H37N5O5/c1-3-18-43(38(46)39-24-27-11-14-32(47-2)15-12-27)42-20-19-41(25-31-9-6-8-29-7-4-5-10-33(29)31)37(45)34(40-36(44)26-42)23-28-13-16-35-30(22-28)17-21-48-35/h1,4-17,21-22,34H,18-20,23-26H2,2H3,(H,39,46)(H,40,44)/t34-/m0/s1. The van der Waals surface area contributed by atoms with Gasteiger partial charge in [-0.25, -0.2) is 14.8 Å². The van der Waals surface area contributed by atoms with E-state index in [-0.39, 0.29) is 45.1 Å². The molecule has 10 heteroatoms. The predicted molar refractivity (Wildman–Crippen MR) is 184 cm³/mol. The van der Waals surface area contributed by atoms with E-state index >= 15 is 0 Å². The summed E-state index contributed by atoms with van der Waals surface area (Å²) in [6.07, 6.45) is 7.62. The molecule has 0 saturated carbocycles. The first-order chi connectivity index (χ1) is 23.4. The number of rotatable bonds is 9. The van der Waals surface area contributed by atoms with E-state index < -0.39 is 18.0 Å². The Hall–Kier alpha value is -5.79. The summed E-state index contributed by atoms with van der Waals surface area (Å²) in [7, 11) is 1.59. The summed E-state index contributed by atoms with van der Waals surface area (Å²) in [6, 6.07) is 27.7. The molecule has 4 aromatic carbocycles. The lowest BCUT2D eigenvalue weighted by Gasteiger charge is -2.34. The van der Waals surface area contributed by atoms with Crippen LogP contribution in [0.5, 0.6) is 5.75 Å². The highest BCUT2D eigenvalue weighted by Gasteiger charge is 2.32. The number of benzene rings is 4. The third-order valence-corrected chi connectivity index (χ3v) is 8.52. The lowest BCUT2D eigenvalue weighted by molar-refractivity contribution is -0.136. The molecule has 1 atom stereocenters. The van der Waals surface area contributed by atoms with Gasteiger partial charge in [0, 0.05) is 38.0 Å². The maximum atomic E-state index is 14.3. The molecule has 0 bridgehead atoms. The predicted octanol–water partition coefficient (Wildman–Crippen LogP) is 4.73. The number of methoxy groups -OCH3 is 1. The number of furan rings is 1. The molecular formula is C38H37N5O5. The van der Waals surface area contributed by atoms with Gasteiger partial charge in [0.25, 0.3) is 0 Å². The average molecular weight is 644 g/mol. The van der Waals surface area contributed by atoms with Gasteiger partial charge < -0.3 is 24.7 Å². The minimum absolute atomic E-state index is 0.0624.